The van der Waals surface area contributed by atoms with Crippen molar-refractivity contribution in [2.45, 2.75) is 18.6 Å². The third kappa shape index (κ3) is 4.78. The molecule has 0 aliphatic carbocycles. The lowest BCUT2D eigenvalue weighted by atomic mass is 10.2. The third-order valence-corrected chi connectivity index (χ3v) is 5.43. The van der Waals surface area contributed by atoms with Crippen LogP contribution in [0.4, 0.5) is 10.1 Å². The maximum atomic E-state index is 13.0. The van der Waals surface area contributed by atoms with Crippen LogP contribution in [0.1, 0.15) is 6.92 Å². The van der Waals surface area contributed by atoms with E-state index in [1.54, 1.807) is 11.7 Å². The summed E-state index contributed by atoms with van der Waals surface area (Å²) in [4.78, 5) is 16.6. The van der Waals surface area contributed by atoms with Crippen LogP contribution in [0.2, 0.25) is 0 Å². The van der Waals surface area contributed by atoms with E-state index in [4.69, 9.17) is 9.26 Å². The molecule has 0 saturated heterocycles. The van der Waals surface area contributed by atoms with E-state index in [9.17, 15) is 9.18 Å². The molecule has 11 heteroatoms. The Kier molecular flexibility index (Phi) is 6.45. The molecule has 0 bridgehead atoms. The number of ether oxygens (including phenoxy) is 1. The molecule has 32 heavy (non-hydrogen) atoms. The van der Waals surface area contributed by atoms with Crippen molar-refractivity contribution >= 4 is 23.4 Å². The van der Waals surface area contributed by atoms with Gasteiger partial charge in [0.05, 0.1) is 12.9 Å². The van der Waals surface area contributed by atoms with Gasteiger partial charge in [-0.05, 0) is 55.5 Å². The van der Waals surface area contributed by atoms with Gasteiger partial charge in [-0.25, -0.2) is 4.39 Å². The number of hydrogen-bond acceptors (Lipinski definition) is 8. The second kappa shape index (κ2) is 9.60. The van der Waals surface area contributed by atoms with Crippen LogP contribution in [0.25, 0.3) is 23.1 Å². The fraction of sp³-hybridized carbons (Fsp3) is 0.190. The highest BCUT2D eigenvalue weighted by Crippen LogP contribution is 2.26. The topological polar surface area (TPSA) is 108 Å². The number of nitrogens with one attached hydrogen (secondary N) is 1. The van der Waals surface area contributed by atoms with Crippen LogP contribution in [0.15, 0.2) is 58.2 Å². The van der Waals surface area contributed by atoms with Gasteiger partial charge in [0.2, 0.25) is 17.6 Å². The number of rotatable bonds is 8. The van der Waals surface area contributed by atoms with Crippen molar-refractivity contribution in [3.8, 4) is 28.9 Å². The molecule has 2 aromatic carbocycles. The monoisotopic (exact) mass is 454 g/mol. The Morgan fingerprint density at radius 3 is 2.59 bits per heavy atom. The molecule has 0 aliphatic rings. The Labute approximate surface area is 187 Å². The first kappa shape index (κ1) is 21.5. The van der Waals surface area contributed by atoms with Gasteiger partial charge in [-0.3, -0.25) is 9.36 Å². The van der Waals surface area contributed by atoms with E-state index in [0.717, 1.165) is 11.3 Å². The molecule has 0 unspecified atom stereocenters. The van der Waals surface area contributed by atoms with E-state index in [2.05, 4.69) is 25.7 Å². The van der Waals surface area contributed by atoms with Gasteiger partial charge in [-0.1, -0.05) is 16.9 Å². The molecular weight excluding hydrogens is 435 g/mol. The first-order valence-corrected chi connectivity index (χ1v) is 10.7. The van der Waals surface area contributed by atoms with Gasteiger partial charge >= 0.3 is 0 Å². The van der Waals surface area contributed by atoms with Crippen LogP contribution in [0, 0.1) is 5.82 Å². The van der Waals surface area contributed by atoms with Gasteiger partial charge in [0, 0.05) is 17.8 Å². The summed E-state index contributed by atoms with van der Waals surface area (Å²) in [5.41, 5.74) is 1.29. The second-order valence-electron chi connectivity index (χ2n) is 6.55. The van der Waals surface area contributed by atoms with Gasteiger partial charge in [0.15, 0.2) is 5.16 Å². The SMILES string of the molecule is CCn1c(SCC(=O)Nc2ccc(F)cc2)nnc1-c1nc(-c2ccc(OC)cc2)no1. The molecule has 2 heterocycles. The number of hydrogen-bond donors (Lipinski definition) is 1. The lowest BCUT2D eigenvalue weighted by molar-refractivity contribution is -0.113. The highest BCUT2D eigenvalue weighted by molar-refractivity contribution is 7.99. The number of carbonyl (C=O) groups is 1. The molecule has 4 aromatic rings. The van der Waals surface area contributed by atoms with Crippen LogP contribution >= 0.6 is 11.8 Å². The summed E-state index contributed by atoms with van der Waals surface area (Å²) in [5, 5.41) is 15.6. The number of benzene rings is 2. The minimum Gasteiger partial charge on any atom is -0.497 e. The Hall–Kier alpha value is -3.73. The fourth-order valence-corrected chi connectivity index (χ4v) is 3.67. The van der Waals surface area contributed by atoms with Crippen LogP contribution < -0.4 is 10.1 Å². The predicted molar refractivity (Wildman–Crippen MR) is 117 cm³/mol. The number of nitrogens with zero attached hydrogens (tertiary/aromatic N) is 5. The third-order valence-electron chi connectivity index (χ3n) is 4.46. The smallest absolute Gasteiger partial charge is 0.296 e. The van der Waals surface area contributed by atoms with Crippen LogP contribution in [0.3, 0.4) is 0 Å². The molecule has 1 N–H and O–H groups in total. The zero-order valence-electron chi connectivity index (χ0n) is 17.3. The average Bonchev–Trinajstić information content (AvgIpc) is 3.46. The van der Waals surface area contributed by atoms with Gasteiger partial charge < -0.3 is 14.6 Å². The zero-order valence-corrected chi connectivity index (χ0v) is 18.1. The fourth-order valence-electron chi connectivity index (χ4n) is 2.87. The molecule has 0 aliphatic heterocycles. The predicted octanol–water partition coefficient (Wildman–Crippen LogP) is 3.89. The van der Waals surface area contributed by atoms with E-state index in [-0.39, 0.29) is 23.4 Å². The van der Waals surface area contributed by atoms with Crippen molar-refractivity contribution in [2.24, 2.45) is 0 Å². The lowest BCUT2D eigenvalue weighted by Crippen LogP contribution is -2.14. The summed E-state index contributed by atoms with van der Waals surface area (Å²) in [6.45, 7) is 2.47. The molecule has 2 aromatic heterocycles. The summed E-state index contributed by atoms with van der Waals surface area (Å²) in [5.74, 6) is 1.30. The van der Waals surface area contributed by atoms with Crippen molar-refractivity contribution in [1.29, 1.82) is 0 Å². The average molecular weight is 454 g/mol. The van der Waals surface area contributed by atoms with Gasteiger partial charge in [0.1, 0.15) is 11.6 Å². The molecule has 164 valence electrons. The van der Waals surface area contributed by atoms with Crippen molar-refractivity contribution < 1.29 is 18.4 Å². The Bertz CT molecular complexity index is 1210. The first-order valence-electron chi connectivity index (χ1n) is 9.67. The van der Waals surface area contributed by atoms with E-state index < -0.39 is 0 Å². The molecular formula is C21H19FN6O3S. The highest BCUT2D eigenvalue weighted by atomic mass is 32.2. The zero-order chi connectivity index (χ0) is 22.5. The lowest BCUT2D eigenvalue weighted by Gasteiger charge is -2.06. The van der Waals surface area contributed by atoms with E-state index in [1.165, 1.54) is 36.0 Å². The number of methoxy groups -OCH3 is 1. The van der Waals surface area contributed by atoms with Gasteiger partial charge in [-0.2, -0.15) is 4.98 Å². The first-order chi connectivity index (χ1) is 15.6. The quantitative estimate of drug-likeness (QED) is 0.400. The van der Waals surface area contributed by atoms with E-state index >= 15 is 0 Å². The van der Waals surface area contributed by atoms with Crippen LogP contribution in [-0.4, -0.2) is 43.7 Å². The summed E-state index contributed by atoms with van der Waals surface area (Å²) in [6, 6.07) is 12.9. The minimum absolute atomic E-state index is 0.108. The summed E-state index contributed by atoms with van der Waals surface area (Å²) in [7, 11) is 1.60. The summed E-state index contributed by atoms with van der Waals surface area (Å²) >= 11 is 1.22. The highest BCUT2D eigenvalue weighted by Gasteiger charge is 2.20. The van der Waals surface area contributed by atoms with Crippen molar-refractivity contribution in [2.75, 3.05) is 18.2 Å². The molecule has 0 radical (unpaired) electrons. The standard InChI is InChI=1S/C21H19FN6O3S/c1-3-28-19(20-24-18(27-31-20)13-4-10-16(30-2)11-5-13)25-26-21(28)32-12-17(29)23-15-8-6-14(22)7-9-15/h4-11H,3,12H2,1-2H3,(H,23,29). The molecule has 4 rings (SSSR count). The number of anilines is 1. The molecule has 0 saturated carbocycles. The van der Waals surface area contributed by atoms with Gasteiger partial charge in [0.25, 0.3) is 5.89 Å². The molecule has 0 spiro atoms. The van der Waals surface area contributed by atoms with Crippen LogP contribution in [-0.2, 0) is 11.3 Å². The van der Waals surface area contributed by atoms with Crippen LogP contribution in [0.5, 0.6) is 5.75 Å². The number of carbonyl (C=O) groups excluding carboxylic acids is 1. The number of halogens is 1. The Morgan fingerprint density at radius 2 is 1.91 bits per heavy atom. The summed E-state index contributed by atoms with van der Waals surface area (Å²) < 4.78 is 25.3. The number of amides is 1. The minimum atomic E-state index is -0.364. The maximum absolute atomic E-state index is 13.0. The second-order valence-corrected chi connectivity index (χ2v) is 7.49. The largest absolute Gasteiger partial charge is 0.497 e. The normalized spacial score (nSPS) is 10.8. The Balaban J connectivity index is 1.45. The van der Waals surface area contributed by atoms with E-state index in [1.807, 2.05) is 31.2 Å². The van der Waals surface area contributed by atoms with E-state index in [0.29, 0.717) is 29.0 Å². The van der Waals surface area contributed by atoms with Gasteiger partial charge in [-0.15, -0.1) is 10.2 Å². The number of thioether (sulfide) groups is 1. The Morgan fingerprint density at radius 1 is 1.16 bits per heavy atom. The molecule has 1 amide bonds. The molecule has 0 atom stereocenters. The maximum Gasteiger partial charge on any atom is 0.296 e. The van der Waals surface area contributed by atoms with Crippen molar-refractivity contribution in [3.05, 3.63) is 54.3 Å². The molecule has 0 fully saturated rings. The van der Waals surface area contributed by atoms with Crippen molar-refractivity contribution in [1.82, 2.24) is 24.9 Å². The number of aromatic nitrogens is 5. The van der Waals surface area contributed by atoms with Crippen molar-refractivity contribution in [3.63, 3.8) is 0 Å². The molecule has 9 nitrogen and oxygen atoms in total. The summed E-state index contributed by atoms with van der Waals surface area (Å²) in [6.07, 6.45) is 0.